The topological polar surface area (TPSA) is 107 Å². The van der Waals surface area contributed by atoms with Crippen LogP contribution in [0.4, 0.5) is 16.2 Å². The van der Waals surface area contributed by atoms with Gasteiger partial charge in [-0.2, -0.15) is 0 Å². The Morgan fingerprint density at radius 1 is 1.10 bits per heavy atom. The minimum Gasteiger partial charge on any atom is -0.492 e. The van der Waals surface area contributed by atoms with Gasteiger partial charge in [0.25, 0.3) is 16.8 Å². The Bertz CT molecular complexity index is 1500. The van der Waals surface area contributed by atoms with Crippen LogP contribution in [0, 0.1) is 24.0 Å². The number of amides is 2. The molecule has 208 valence electrons. The van der Waals surface area contributed by atoms with Crippen LogP contribution in [0.1, 0.15) is 17.0 Å². The highest BCUT2D eigenvalue weighted by molar-refractivity contribution is 8.18. The Morgan fingerprint density at radius 2 is 1.82 bits per heavy atom. The molecule has 2 fully saturated rings. The highest BCUT2D eigenvalue weighted by Gasteiger charge is 2.35. The molecule has 12 heteroatoms. The highest BCUT2D eigenvalue weighted by atomic mass is 35.5. The summed E-state index contributed by atoms with van der Waals surface area (Å²) in [5, 5.41) is 12.2. The first-order valence-corrected chi connectivity index (χ1v) is 13.9. The Labute approximate surface area is 240 Å². The molecule has 0 aliphatic carbocycles. The van der Waals surface area contributed by atoms with Crippen molar-refractivity contribution < 1.29 is 24.0 Å². The molecule has 0 saturated carbocycles. The van der Waals surface area contributed by atoms with Crippen molar-refractivity contribution in [3.8, 4) is 11.4 Å². The molecule has 2 saturated heterocycles. The lowest BCUT2D eigenvalue weighted by Gasteiger charge is -2.28. The third kappa shape index (κ3) is 5.72. The number of aromatic nitrogens is 1. The minimum absolute atomic E-state index is 0.0235. The van der Waals surface area contributed by atoms with Crippen molar-refractivity contribution in [1.29, 1.82) is 0 Å². The number of benzene rings is 2. The summed E-state index contributed by atoms with van der Waals surface area (Å²) < 4.78 is 12.9. The van der Waals surface area contributed by atoms with Crippen molar-refractivity contribution in [3.05, 3.63) is 85.5 Å². The lowest BCUT2D eigenvalue weighted by atomic mass is 10.2. The fraction of sp³-hybridized carbons (Fsp3) is 0.286. The predicted octanol–water partition coefficient (Wildman–Crippen LogP) is 5.61. The van der Waals surface area contributed by atoms with E-state index < -0.39 is 0 Å². The Kier molecular flexibility index (Phi) is 8.15. The number of hydrogen-bond donors (Lipinski definition) is 0. The molecule has 1 aromatic heterocycles. The first-order valence-electron chi connectivity index (χ1n) is 12.7. The first-order chi connectivity index (χ1) is 19.2. The summed E-state index contributed by atoms with van der Waals surface area (Å²) in [6.07, 6.45) is 1.69. The van der Waals surface area contributed by atoms with Crippen LogP contribution >= 0.6 is 23.4 Å². The average molecular weight is 583 g/mol. The summed E-state index contributed by atoms with van der Waals surface area (Å²) in [6, 6.07) is 13.9. The number of carbonyl (C=O) groups excluding carboxylic acids is 2. The number of hydrogen-bond acceptors (Lipinski definition) is 8. The predicted molar refractivity (Wildman–Crippen MR) is 155 cm³/mol. The van der Waals surface area contributed by atoms with E-state index in [1.807, 2.05) is 35.4 Å². The Morgan fingerprint density at radius 3 is 2.52 bits per heavy atom. The molecule has 40 heavy (non-hydrogen) atoms. The summed E-state index contributed by atoms with van der Waals surface area (Å²) in [4.78, 5) is 40.7. The van der Waals surface area contributed by atoms with E-state index in [1.54, 1.807) is 42.5 Å². The van der Waals surface area contributed by atoms with Crippen LogP contribution in [0.3, 0.4) is 0 Å². The molecule has 0 spiro atoms. The standard InChI is InChI=1S/C28H27ClN4O6S/c1-18-15-20(16-26-27(34)31(28(35)40-26)11-14-39-23-6-3-21(29)4-7-23)19(2)32(18)22-5-8-24(25(17-22)33(36)37)30-9-12-38-13-10-30/h3-8,15-17H,9-14H2,1-2H3/b26-16-. The largest absolute Gasteiger partial charge is 0.492 e. The number of thioether (sulfide) groups is 1. The van der Waals surface area contributed by atoms with Gasteiger partial charge in [0.05, 0.1) is 35.3 Å². The van der Waals surface area contributed by atoms with Crippen molar-refractivity contribution in [2.45, 2.75) is 13.8 Å². The molecule has 5 rings (SSSR count). The summed E-state index contributed by atoms with van der Waals surface area (Å²) in [5.74, 6) is 0.211. The number of nitrogens with zero attached hydrogens (tertiary/aromatic N) is 4. The van der Waals surface area contributed by atoms with Crippen LogP contribution in [0.25, 0.3) is 11.8 Å². The van der Waals surface area contributed by atoms with Gasteiger partial charge in [-0.3, -0.25) is 24.6 Å². The molecule has 3 heterocycles. The molecule has 0 radical (unpaired) electrons. The molecule has 2 aliphatic rings. The van der Waals surface area contributed by atoms with Gasteiger partial charge in [-0.05, 0) is 79.7 Å². The summed E-state index contributed by atoms with van der Waals surface area (Å²) >= 11 is 6.77. The Balaban J connectivity index is 1.35. The van der Waals surface area contributed by atoms with Gasteiger partial charge < -0.3 is 18.9 Å². The molecule has 0 atom stereocenters. The van der Waals surface area contributed by atoms with Gasteiger partial charge in [0.1, 0.15) is 18.0 Å². The third-order valence-corrected chi connectivity index (χ3v) is 7.95. The van der Waals surface area contributed by atoms with Gasteiger partial charge in [0, 0.05) is 35.6 Å². The third-order valence-electron chi connectivity index (χ3n) is 6.79. The van der Waals surface area contributed by atoms with Gasteiger partial charge >= 0.3 is 0 Å². The molecule has 2 aromatic carbocycles. The van der Waals surface area contributed by atoms with E-state index in [9.17, 15) is 19.7 Å². The number of rotatable bonds is 8. The number of morpholine rings is 1. The maximum Gasteiger partial charge on any atom is 0.294 e. The molecule has 0 bridgehead atoms. The van der Waals surface area contributed by atoms with Gasteiger partial charge in [0.2, 0.25) is 0 Å². The minimum atomic E-state index is -0.384. The average Bonchev–Trinajstić information content (AvgIpc) is 3.38. The zero-order chi connectivity index (χ0) is 28.4. The van der Waals surface area contributed by atoms with E-state index in [1.165, 1.54) is 4.90 Å². The van der Waals surface area contributed by atoms with Crippen molar-refractivity contribution in [1.82, 2.24) is 9.47 Å². The number of aryl methyl sites for hydroxylation is 1. The van der Waals surface area contributed by atoms with Gasteiger partial charge in [0.15, 0.2) is 0 Å². The van der Waals surface area contributed by atoms with Crippen LogP contribution in [-0.2, 0) is 9.53 Å². The molecule has 0 N–H and O–H groups in total. The second kappa shape index (κ2) is 11.7. The van der Waals surface area contributed by atoms with Crippen LogP contribution in [-0.4, -0.2) is 65.0 Å². The SMILES string of the molecule is Cc1cc(/C=C2\SC(=O)N(CCOc3ccc(Cl)cc3)C2=O)c(C)n1-c1ccc(N2CCOCC2)c([N+](=O)[O-])c1. The van der Waals surface area contributed by atoms with Crippen LogP contribution in [0.2, 0.25) is 5.02 Å². The monoisotopic (exact) mass is 582 g/mol. The number of halogens is 1. The number of carbonyl (C=O) groups is 2. The lowest BCUT2D eigenvalue weighted by molar-refractivity contribution is -0.384. The fourth-order valence-electron chi connectivity index (χ4n) is 4.82. The fourth-order valence-corrected chi connectivity index (χ4v) is 5.80. The number of anilines is 1. The number of nitro benzene ring substituents is 1. The van der Waals surface area contributed by atoms with Crippen LogP contribution in [0.5, 0.6) is 5.75 Å². The molecule has 10 nitrogen and oxygen atoms in total. The highest BCUT2D eigenvalue weighted by Crippen LogP contribution is 2.35. The van der Waals surface area contributed by atoms with Crippen molar-refractivity contribution in [3.63, 3.8) is 0 Å². The van der Waals surface area contributed by atoms with Gasteiger partial charge in [-0.1, -0.05) is 11.6 Å². The van der Waals surface area contributed by atoms with Crippen molar-refractivity contribution in [2.24, 2.45) is 0 Å². The van der Waals surface area contributed by atoms with E-state index >= 15 is 0 Å². The van der Waals surface area contributed by atoms with E-state index in [4.69, 9.17) is 21.1 Å². The van der Waals surface area contributed by atoms with Crippen LogP contribution in [0.15, 0.2) is 53.4 Å². The van der Waals surface area contributed by atoms with E-state index in [2.05, 4.69) is 0 Å². The summed E-state index contributed by atoms with van der Waals surface area (Å²) in [7, 11) is 0. The maximum absolute atomic E-state index is 13.0. The number of imide groups is 1. The lowest BCUT2D eigenvalue weighted by Crippen LogP contribution is -2.36. The normalized spacial score (nSPS) is 16.7. The quantitative estimate of drug-likeness (QED) is 0.192. The van der Waals surface area contributed by atoms with E-state index in [0.29, 0.717) is 53.4 Å². The number of nitro groups is 1. The molecular weight excluding hydrogens is 556 g/mol. The zero-order valence-electron chi connectivity index (χ0n) is 22.0. The van der Waals surface area contributed by atoms with Crippen LogP contribution < -0.4 is 9.64 Å². The molecule has 2 amide bonds. The van der Waals surface area contributed by atoms with Gasteiger partial charge in [-0.25, -0.2) is 0 Å². The smallest absolute Gasteiger partial charge is 0.294 e. The molecular formula is C28H27ClN4O6S. The molecule has 2 aliphatic heterocycles. The molecule has 3 aromatic rings. The second-order valence-corrected chi connectivity index (χ2v) is 10.8. The maximum atomic E-state index is 13.0. The zero-order valence-corrected chi connectivity index (χ0v) is 23.5. The van der Waals surface area contributed by atoms with Crippen molar-refractivity contribution in [2.75, 3.05) is 44.4 Å². The Hall–Kier alpha value is -3.80. The van der Waals surface area contributed by atoms with Crippen molar-refractivity contribution >= 4 is 52.0 Å². The van der Waals surface area contributed by atoms with E-state index in [-0.39, 0.29) is 34.9 Å². The number of ether oxygens (including phenoxy) is 2. The van der Waals surface area contributed by atoms with E-state index in [0.717, 1.165) is 28.7 Å². The molecule has 0 unspecified atom stereocenters. The second-order valence-electron chi connectivity index (χ2n) is 9.33. The first kappa shape index (κ1) is 27.8. The summed E-state index contributed by atoms with van der Waals surface area (Å²) in [6.45, 7) is 6.28. The summed E-state index contributed by atoms with van der Waals surface area (Å²) in [5.41, 5.74) is 3.62. The van der Waals surface area contributed by atoms with Gasteiger partial charge in [-0.15, -0.1) is 0 Å².